The van der Waals surface area contributed by atoms with E-state index in [0.717, 1.165) is 5.56 Å². The number of halogens is 4. The van der Waals surface area contributed by atoms with Crippen molar-refractivity contribution in [1.82, 2.24) is 10.6 Å². The number of hydrogen-bond acceptors (Lipinski definition) is 2. The van der Waals surface area contributed by atoms with Gasteiger partial charge < -0.3 is 10.6 Å². The largest absolute Gasteiger partial charge is 0.391 e. The summed E-state index contributed by atoms with van der Waals surface area (Å²) in [6.45, 7) is 0.648. The van der Waals surface area contributed by atoms with Gasteiger partial charge in [0.05, 0.1) is 12.0 Å². The van der Waals surface area contributed by atoms with Crippen LogP contribution < -0.4 is 10.6 Å². The zero-order chi connectivity index (χ0) is 16.4. The number of carbonyl (C=O) groups is 1. The Morgan fingerprint density at radius 3 is 2.33 bits per heavy atom. The number of hydrogen-bond donors (Lipinski definition) is 2. The van der Waals surface area contributed by atoms with Gasteiger partial charge in [-0.1, -0.05) is 24.3 Å². The van der Waals surface area contributed by atoms with E-state index in [0.29, 0.717) is 25.8 Å². The molecule has 0 radical (unpaired) electrons. The van der Waals surface area contributed by atoms with Crippen LogP contribution in [-0.4, -0.2) is 24.2 Å². The average molecular weight is 363 g/mol. The van der Waals surface area contributed by atoms with Crippen molar-refractivity contribution in [1.29, 1.82) is 0 Å². The molecule has 1 amide bonds. The molecule has 7 heteroatoms. The average Bonchev–Trinajstić information content (AvgIpc) is 2.54. The molecular weight excluding hydrogens is 341 g/mol. The number of rotatable bonds is 2. The van der Waals surface area contributed by atoms with E-state index in [-0.39, 0.29) is 43.2 Å². The second-order valence-corrected chi connectivity index (χ2v) is 6.51. The van der Waals surface area contributed by atoms with Gasteiger partial charge in [0.2, 0.25) is 5.91 Å². The van der Waals surface area contributed by atoms with Crippen LogP contribution in [0.5, 0.6) is 0 Å². The van der Waals surface area contributed by atoms with Gasteiger partial charge in [-0.2, -0.15) is 13.2 Å². The van der Waals surface area contributed by atoms with E-state index in [1.807, 2.05) is 24.3 Å². The van der Waals surface area contributed by atoms with Gasteiger partial charge in [0.15, 0.2) is 0 Å². The third-order valence-corrected chi connectivity index (χ3v) is 4.93. The van der Waals surface area contributed by atoms with Crippen LogP contribution in [0.1, 0.15) is 36.8 Å². The summed E-state index contributed by atoms with van der Waals surface area (Å²) in [6, 6.07) is 7.54. The lowest BCUT2D eigenvalue weighted by molar-refractivity contribution is -0.182. The molecule has 1 aromatic carbocycles. The van der Waals surface area contributed by atoms with Crippen LogP contribution in [0.25, 0.3) is 0 Å². The topological polar surface area (TPSA) is 41.1 Å². The molecule has 24 heavy (non-hydrogen) atoms. The molecule has 3 rings (SSSR count). The Bertz CT molecular complexity index is 571. The predicted molar refractivity (Wildman–Crippen MR) is 88.0 cm³/mol. The summed E-state index contributed by atoms with van der Waals surface area (Å²) in [4.78, 5) is 12.4. The number of alkyl halides is 3. The molecule has 2 N–H and O–H groups in total. The van der Waals surface area contributed by atoms with Gasteiger partial charge in [-0.05, 0) is 43.2 Å². The van der Waals surface area contributed by atoms with Crippen LogP contribution >= 0.6 is 12.4 Å². The Morgan fingerprint density at radius 2 is 1.71 bits per heavy atom. The summed E-state index contributed by atoms with van der Waals surface area (Å²) in [5, 5.41) is 6.13. The minimum absolute atomic E-state index is 0. The number of benzene rings is 1. The van der Waals surface area contributed by atoms with Crippen molar-refractivity contribution in [3.63, 3.8) is 0 Å². The first-order chi connectivity index (χ1) is 10.9. The molecule has 2 aliphatic rings. The van der Waals surface area contributed by atoms with Gasteiger partial charge in [0, 0.05) is 12.6 Å². The Hall–Kier alpha value is -1.27. The maximum absolute atomic E-state index is 12.7. The van der Waals surface area contributed by atoms with Crippen LogP contribution in [-0.2, 0) is 17.8 Å². The molecule has 0 aromatic heterocycles. The molecule has 1 aliphatic carbocycles. The smallest absolute Gasteiger partial charge is 0.352 e. The van der Waals surface area contributed by atoms with E-state index < -0.39 is 12.1 Å². The van der Waals surface area contributed by atoms with E-state index >= 15 is 0 Å². The number of nitrogens with one attached hydrogen (secondary N) is 2. The van der Waals surface area contributed by atoms with Gasteiger partial charge in [0.1, 0.15) is 0 Å². The van der Waals surface area contributed by atoms with Gasteiger partial charge in [0.25, 0.3) is 0 Å². The standard InChI is InChI=1S/C17H21F3N2O.ClH/c18-17(19,20)13-5-7-14(8-6-13)22-16(23)15-9-11-3-1-2-4-12(11)10-21-15;/h1-4,13-15,21H,5-10H2,(H,22,23);1H. The zero-order valence-corrected chi connectivity index (χ0v) is 14.1. The summed E-state index contributed by atoms with van der Waals surface area (Å²) in [5.41, 5.74) is 2.36. The summed E-state index contributed by atoms with van der Waals surface area (Å²) in [7, 11) is 0. The maximum Gasteiger partial charge on any atom is 0.391 e. The Kier molecular flexibility index (Phi) is 6.15. The van der Waals surface area contributed by atoms with Gasteiger partial charge in [-0.3, -0.25) is 4.79 Å². The second kappa shape index (κ2) is 7.74. The van der Waals surface area contributed by atoms with Gasteiger partial charge in [-0.25, -0.2) is 0 Å². The highest BCUT2D eigenvalue weighted by atomic mass is 35.5. The number of amides is 1. The molecule has 1 aliphatic heterocycles. The fraction of sp³-hybridized carbons (Fsp3) is 0.588. The molecule has 3 nitrogen and oxygen atoms in total. The van der Waals surface area contributed by atoms with Crippen molar-refractivity contribution < 1.29 is 18.0 Å². The summed E-state index contributed by atoms with van der Waals surface area (Å²) >= 11 is 0. The third-order valence-electron chi connectivity index (χ3n) is 4.93. The van der Waals surface area contributed by atoms with E-state index in [4.69, 9.17) is 0 Å². The van der Waals surface area contributed by atoms with Gasteiger partial charge in [-0.15, -0.1) is 12.4 Å². The van der Waals surface area contributed by atoms with Crippen LogP contribution in [0.2, 0.25) is 0 Å². The van der Waals surface area contributed by atoms with Crippen molar-refractivity contribution >= 4 is 18.3 Å². The fourth-order valence-corrected chi connectivity index (χ4v) is 3.51. The lowest BCUT2D eigenvalue weighted by atomic mass is 9.85. The first-order valence-electron chi connectivity index (χ1n) is 8.11. The zero-order valence-electron chi connectivity index (χ0n) is 13.2. The first-order valence-corrected chi connectivity index (χ1v) is 8.11. The Labute approximate surface area is 145 Å². The van der Waals surface area contributed by atoms with E-state index in [1.54, 1.807) is 0 Å². The molecule has 0 saturated heterocycles. The Morgan fingerprint density at radius 1 is 1.08 bits per heavy atom. The minimum atomic E-state index is -4.11. The van der Waals surface area contributed by atoms with Crippen molar-refractivity contribution in [3.05, 3.63) is 35.4 Å². The maximum atomic E-state index is 12.7. The molecular formula is C17H22ClF3N2O. The van der Waals surface area contributed by atoms with Crippen LogP contribution in [0, 0.1) is 5.92 Å². The van der Waals surface area contributed by atoms with Crippen LogP contribution in [0.15, 0.2) is 24.3 Å². The van der Waals surface area contributed by atoms with E-state index in [1.165, 1.54) is 5.56 Å². The van der Waals surface area contributed by atoms with Crippen LogP contribution in [0.4, 0.5) is 13.2 Å². The highest BCUT2D eigenvalue weighted by Gasteiger charge is 2.41. The lowest BCUT2D eigenvalue weighted by Crippen LogP contribution is -2.51. The van der Waals surface area contributed by atoms with Crippen molar-refractivity contribution in [3.8, 4) is 0 Å². The summed E-state index contributed by atoms with van der Waals surface area (Å²) in [5.74, 6) is -1.31. The van der Waals surface area contributed by atoms with Crippen molar-refractivity contribution in [2.45, 2.75) is 56.9 Å². The molecule has 0 spiro atoms. The normalized spacial score (nSPS) is 26.9. The first kappa shape index (κ1) is 19.1. The quantitative estimate of drug-likeness (QED) is 0.847. The highest BCUT2D eigenvalue weighted by Crippen LogP contribution is 2.37. The number of fused-ring (bicyclic) bond motifs is 1. The molecule has 1 saturated carbocycles. The highest BCUT2D eigenvalue weighted by molar-refractivity contribution is 5.85. The van der Waals surface area contributed by atoms with Crippen molar-refractivity contribution in [2.75, 3.05) is 0 Å². The summed E-state index contributed by atoms with van der Waals surface area (Å²) in [6.07, 6.45) is -2.47. The monoisotopic (exact) mass is 362 g/mol. The predicted octanol–water partition coefficient (Wildman–Crippen LogP) is 3.36. The third kappa shape index (κ3) is 4.42. The molecule has 1 heterocycles. The fourth-order valence-electron chi connectivity index (χ4n) is 3.51. The molecule has 134 valence electrons. The molecule has 1 aromatic rings. The number of carbonyl (C=O) groups excluding carboxylic acids is 1. The molecule has 1 fully saturated rings. The van der Waals surface area contributed by atoms with Crippen molar-refractivity contribution in [2.24, 2.45) is 5.92 Å². The minimum Gasteiger partial charge on any atom is -0.352 e. The summed E-state index contributed by atoms with van der Waals surface area (Å²) < 4.78 is 38.0. The van der Waals surface area contributed by atoms with Gasteiger partial charge >= 0.3 is 6.18 Å². The van der Waals surface area contributed by atoms with E-state index in [9.17, 15) is 18.0 Å². The van der Waals surface area contributed by atoms with Crippen LogP contribution in [0.3, 0.4) is 0 Å². The van der Waals surface area contributed by atoms with E-state index in [2.05, 4.69) is 10.6 Å². The lowest BCUT2D eigenvalue weighted by Gasteiger charge is -2.32. The SMILES string of the molecule is Cl.O=C(NC1CCC(C(F)(F)F)CC1)C1Cc2ccccc2CN1. The molecule has 1 atom stereocenters. The second-order valence-electron chi connectivity index (χ2n) is 6.51. The molecule has 0 bridgehead atoms. The Balaban J connectivity index is 0.00000208. The molecule has 1 unspecified atom stereocenters.